The maximum absolute atomic E-state index is 4.30. The summed E-state index contributed by atoms with van der Waals surface area (Å²) >= 11 is 0. The van der Waals surface area contributed by atoms with Crippen molar-refractivity contribution in [1.29, 1.82) is 0 Å². The number of nitrogens with zero attached hydrogens (tertiary/aromatic N) is 4. The molecule has 1 atom stereocenters. The first-order valence-electron chi connectivity index (χ1n) is 6.75. The summed E-state index contributed by atoms with van der Waals surface area (Å²) in [7, 11) is 2.04. The van der Waals surface area contributed by atoms with Crippen LogP contribution in [0.3, 0.4) is 0 Å². The molecule has 5 heteroatoms. The van der Waals surface area contributed by atoms with Gasteiger partial charge < -0.3 is 10.2 Å². The first-order valence-corrected chi connectivity index (χ1v) is 6.75. The van der Waals surface area contributed by atoms with Gasteiger partial charge >= 0.3 is 0 Å². The first kappa shape index (κ1) is 13.2. The molecule has 0 amide bonds. The molecule has 1 aromatic heterocycles. The van der Waals surface area contributed by atoms with Crippen molar-refractivity contribution in [2.75, 3.05) is 44.7 Å². The molecule has 0 radical (unpaired) electrons. The standard InChI is InChI=1S/C13H23N5/c1-3-12(14-2)11-17-7-9-18(10-8-17)13-15-5-4-6-16-13/h4-6,12,14H,3,7-11H2,1-2H3. The van der Waals surface area contributed by atoms with Crippen molar-refractivity contribution in [3.8, 4) is 0 Å². The Morgan fingerprint density at radius 3 is 2.44 bits per heavy atom. The molecule has 1 unspecified atom stereocenters. The lowest BCUT2D eigenvalue weighted by atomic mass is 10.2. The summed E-state index contributed by atoms with van der Waals surface area (Å²) in [4.78, 5) is 13.4. The van der Waals surface area contributed by atoms with E-state index in [-0.39, 0.29) is 0 Å². The van der Waals surface area contributed by atoms with Gasteiger partial charge in [0.2, 0.25) is 5.95 Å². The molecular weight excluding hydrogens is 226 g/mol. The minimum Gasteiger partial charge on any atom is -0.338 e. The van der Waals surface area contributed by atoms with Gasteiger partial charge in [-0.3, -0.25) is 4.90 Å². The van der Waals surface area contributed by atoms with Crippen molar-refractivity contribution in [3.63, 3.8) is 0 Å². The van der Waals surface area contributed by atoms with Gasteiger partial charge in [-0.05, 0) is 19.5 Å². The quantitative estimate of drug-likeness (QED) is 0.828. The smallest absolute Gasteiger partial charge is 0.225 e. The second-order valence-electron chi connectivity index (χ2n) is 4.73. The number of aromatic nitrogens is 2. The van der Waals surface area contributed by atoms with Crippen molar-refractivity contribution >= 4 is 5.95 Å². The van der Waals surface area contributed by atoms with E-state index in [2.05, 4.69) is 32.0 Å². The molecule has 0 aromatic carbocycles. The zero-order chi connectivity index (χ0) is 12.8. The lowest BCUT2D eigenvalue weighted by molar-refractivity contribution is 0.229. The summed E-state index contributed by atoms with van der Waals surface area (Å²) in [6.07, 6.45) is 4.80. The van der Waals surface area contributed by atoms with E-state index in [0.29, 0.717) is 6.04 Å². The summed E-state index contributed by atoms with van der Waals surface area (Å²) in [6.45, 7) is 7.59. The maximum Gasteiger partial charge on any atom is 0.225 e. The Morgan fingerprint density at radius 2 is 1.89 bits per heavy atom. The molecule has 1 aliphatic heterocycles. The second-order valence-corrected chi connectivity index (χ2v) is 4.73. The predicted molar refractivity (Wildman–Crippen MR) is 73.8 cm³/mol. The topological polar surface area (TPSA) is 44.3 Å². The van der Waals surface area contributed by atoms with Crippen LogP contribution in [0.5, 0.6) is 0 Å². The minimum absolute atomic E-state index is 0.601. The highest BCUT2D eigenvalue weighted by atomic mass is 15.3. The van der Waals surface area contributed by atoms with Crippen LogP contribution in [0, 0.1) is 0 Å². The van der Waals surface area contributed by atoms with E-state index in [1.807, 2.05) is 25.5 Å². The number of piperazine rings is 1. The monoisotopic (exact) mass is 249 g/mol. The van der Waals surface area contributed by atoms with Gasteiger partial charge in [0.25, 0.3) is 0 Å². The SMILES string of the molecule is CCC(CN1CCN(c2ncccn2)CC1)NC. The fraction of sp³-hybridized carbons (Fsp3) is 0.692. The number of rotatable bonds is 5. The molecule has 5 nitrogen and oxygen atoms in total. The largest absolute Gasteiger partial charge is 0.338 e. The number of anilines is 1. The van der Waals surface area contributed by atoms with E-state index in [9.17, 15) is 0 Å². The van der Waals surface area contributed by atoms with Crippen LogP contribution >= 0.6 is 0 Å². The summed E-state index contributed by atoms with van der Waals surface area (Å²) in [5.41, 5.74) is 0. The van der Waals surface area contributed by atoms with Crippen LogP contribution in [0.1, 0.15) is 13.3 Å². The zero-order valence-electron chi connectivity index (χ0n) is 11.3. The maximum atomic E-state index is 4.30. The van der Waals surface area contributed by atoms with E-state index in [4.69, 9.17) is 0 Å². The van der Waals surface area contributed by atoms with E-state index < -0.39 is 0 Å². The van der Waals surface area contributed by atoms with Gasteiger partial charge in [-0.25, -0.2) is 9.97 Å². The molecule has 1 N–H and O–H groups in total. The normalized spacial score (nSPS) is 18.9. The summed E-state index contributed by atoms with van der Waals surface area (Å²) < 4.78 is 0. The van der Waals surface area contributed by atoms with E-state index in [1.54, 1.807) is 0 Å². The highest BCUT2D eigenvalue weighted by molar-refractivity contribution is 5.29. The Morgan fingerprint density at radius 1 is 1.22 bits per heavy atom. The van der Waals surface area contributed by atoms with Crippen molar-refractivity contribution in [3.05, 3.63) is 18.5 Å². The third kappa shape index (κ3) is 3.40. The molecule has 1 aromatic rings. The molecule has 18 heavy (non-hydrogen) atoms. The van der Waals surface area contributed by atoms with Crippen LogP contribution < -0.4 is 10.2 Å². The van der Waals surface area contributed by atoms with Crippen molar-refractivity contribution < 1.29 is 0 Å². The highest BCUT2D eigenvalue weighted by Gasteiger charge is 2.20. The van der Waals surface area contributed by atoms with E-state index in [0.717, 1.165) is 38.7 Å². The van der Waals surface area contributed by atoms with Gasteiger partial charge in [0.05, 0.1) is 0 Å². The van der Waals surface area contributed by atoms with Gasteiger partial charge in [0, 0.05) is 51.2 Å². The van der Waals surface area contributed by atoms with Crippen LogP contribution in [-0.2, 0) is 0 Å². The average Bonchev–Trinajstić information content (AvgIpc) is 2.46. The number of nitrogens with one attached hydrogen (secondary N) is 1. The lowest BCUT2D eigenvalue weighted by Gasteiger charge is -2.36. The fourth-order valence-corrected chi connectivity index (χ4v) is 2.32. The Balaban J connectivity index is 1.81. The van der Waals surface area contributed by atoms with E-state index in [1.165, 1.54) is 6.42 Å². The van der Waals surface area contributed by atoms with Crippen LogP contribution in [0.2, 0.25) is 0 Å². The van der Waals surface area contributed by atoms with Gasteiger partial charge in [-0.1, -0.05) is 6.92 Å². The Hall–Kier alpha value is -1.20. The van der Waals surface area contributed by atoms with Crippen molar-refractivity contribution in [1.82, 2.24) is 20.2 Å². The molecule has 0 saturated carbocycles. The minimum atomic E-state index is 0.601. The Labute approximate surface area is 109 Å². The van der Waals surface area contributed by atoms with Gasteiger partial charge in [-0.15, -0.1) is 0 Å². The summed E-state index contributed by atoms with van der Waals surface area (Å²) in [5.74, 6) is 0.859. The molecule has 1 fully saturated rings. The fourth-order valence-electron chi connectivity index (χ4n) is 2.32. The average molecular weight is 249 g/mol. The molecule has 1 saturated heterocycles. The molecule has 0 spiro atoms. The molecule has 0 aliphatic carbocycles. The van der Waals surface area contributed by atoms with Crippen LogP contribution in [0.4, 0.5) is 5.95 Å². The molecule has 100 valence electrons. The third-order valence-corrected chi connectivity index (χ3v) is 3.59. The van der Waals surface area contributed by atoms with Crippen LogP contribution in [-0.4, -0.2) is 60.7 Å². The number of likely N-dealkylation sites (N-methyl/N-ethyl adjacent to an activating group) is 1. The number of hydrogen-bond donors (Lipinski definition) is 1. The van der Waals surface area contributed by atoms with Crippen LogP contribution in [0.25, 0.3) is 0 Å². The van der Waals surface area contributed by atoms with Crippen molar-refractivity contribution in [2.45, 2.75) is 19.4 Å². The molecule has 2 heterocycles. The summed E-state index contributed by atoms with van der Waals surface area (Å²) in [6, 6.07) is 2.46. The molecule has 0 bridgehead atoms. The second kappa shape index (κ2) is 6.66. The lowest BCUT2D eigenvalue weighted by Crippen LogP contribution is -2.50. The highest BCUT2D eigenvalue weighted by Crippen LogP contribution is 2.10. The Kier molecular flexibility index (Phi) is 4.90. The third-order valence-electron chi connectivity index (χ3n) is 3.59. The predicted octanol–water partition coefficient (Wildman–Crippen LogP) is 0.597. The summed E-state index contributed by atoms with van der Waals surface area (Å²) in [5, 5.41) is 3.36. The molecule has 2 rings (SSSR count). The van der Waals surface area contributed by atoms with Crippen LogP contribution in [0.15, 0.2) is 18.5 Å². The van der Waals surface area contributed by atoms with Gasteiger partial charge in [0.15, 0.2) is 0 Å². The molecule has 1 aliphatic rings. The van der Waals surface area contributed by atoms with Gasteiger partial charge in [0.1, 0.15) is 0 Å². The van der Waals surface area contributed by atoms with Crippen molar-refractivity contribution in [2.24, 2.45) is 0 Å². The molecular formula is C13H23N5. The van der Waals surface area contributed by atoms with E-state index >= 15 is 0 Å². The zero-order valence-corrected chi connectivity index (χ0v) is 11.3. The first-order chi connectivity index (χ1) is 8.83. The Bertz CT molecular complexity index is 330. The van der Waals surface area contributed by atoms with Gasteiger partial charge in [-0.2, -0.15) is 0 Å². The number of hydrogen-bond acceptors (Lipinski definition) is 5.